The average molecular weight is 379 g/mol. The van der Waals surface area contributed by atoms with Crippen molar-refractivity contribution in [3.63, 3.8) is 0 Å². The minimum atomic E-state index is -0.445. The van der Waals surface area contributed by atoms with Gasteiger partial charge in [0.2, 0.25) is 0 Å². The molecule has 152 valence electrons. The summed E-state index contributed by atoms with van der Waals surface area (Å²) in [6, 6.07) is 3.91. The van der Waals surface area contributed by atoms with E-state index in [2.05, 4.69) is 4.74 Å². The summed E-state index contributed by atoms with van der Waals surface area (Å²) in [7, 11) is 2.69. The molecule has 0 radical (unpaired) electrons. The highest BCUT2D eigenvalue weighted by atomic mass is 16.5. The Labute approximate surface area is 163 Å². The summed E-state index contributed by atoms with van der Waals surface area (Å²) >= 11 is 0. The molecule has 1 atom stereocenters. The third-order valence-corrected chi connectivity index (χ3v) is 4.73. The Hall–Kier alpha value is -2.04. The molecule has 5 nitrogen and oxygen atoms in total. The zero-order valence-corrected chi connectivity index (χ0v) is 17.9. The van der Waals surface area contributed by atoms with Crippen molar-refractivity contribution in [3.05, 3.63) is 28.8 Å². The maximum absolute atomic E-state index is 12.2. The lowest BCUT2D eigenvalue weighted by atomic mass is 9.77. The van der Waals surface area contributed by atoms with Crippen LogP contribution in [0.2, 0.25) is 0 Å². The second-order valence-corrected chi connectivity index (χ2v) is 9.08. The van der Waals surface area contributed by atoms with Crippen LogP contribution in [0, 0.1) is 5.92 Å². The lowest BCUT2D eigenvalue weighted by molar-refractivity contribution is -0.146. The first-order chi connectivity index (χ1) is 12.3. The van der Waals surface area contributed by atoms with Crippen LogP contribution >= 0.6 is 0 Å². The summed E-state index contributed by atoms with van der Waals surface area (Å²) in [4.78, 5) is 23.7. The predicted molar refractivity (Wildman–Crippen MR) is 106 cm³/mol. The average Bonchev–Trinajstić information content (AvgIpc) is 2.56. The van der Waals surface area contributed by atoms with Crippen molar-refractivity contribution in [2.75, 3.05) is 14.2 Å². The molecule has 1 rings (SSSR count). The molecule has 0 bridgehead atoms. The monoisotopic (exact) mass is 378 g/mol. The van der Waals surface area contributed by atoms with Crippen LogP contribution in [-0.2, 0) is 36.3 Å². The minimum Gasteiger partial charge on any atom is -0.507 e. The number of phenolic OH excluding ortho intramolecular Hbond substituents is 1. The van der Waals surface area contributed by atoms with Crippen molar-refractivity contribution < 1.29 is 24.2 Å². The molecule has 0 heterocycles. The standard InChI is InChI=1S/C22H34O5/c1-21(2,3)16-12-14(13-17(19(16)24)22(4,5)6)11-15(20(25)27-8)9-10-18(23)26-7/h12-13,15,24H,9-11H2,1-8H3. The molecule has 0 saturated heterocycles. The van der Waals surface area contributed by atoms with Crippen LogP contribution in [0.1, 0.15) is 71.1 Å². The van der Waals surface area contributed by atoms with E-state index in [-0.39, 0.29) is 29.2 Å². The molecular weight excluding hydrogens is 344 g/mol. The van der Waals surface area contributed by atoms with Gasteiger partial charge in [-0.15, -0.1) is 0 Å². The first kappa shape index (κ1) is 23.0. The molecule has 0 saturated carbocycles. The summed E-state index contributed by atoms with van der Waals surface area (Å²) in [5.74, 6) is -0.829. The smallest absolute Gasteiger partial charge is 0.309 e. The number of carbonyl (C=O) groups excluding carboxylic acids is 2. The number of esters is 2. The van der Waals surface area contributed by atoms with E-state index in [1.807, 2.05) is 53.7 Å². The van der Waals surface area contributed by atoms with Crippen molar-refractivity contribution in [3.8, 4) is 5.75 Å². The summed E-state index contributed by atoms with van der Waals surface area (Å²) < 4.78 is 9.61. The highest BCUT2D eigenvalue weighted by Crippen LogP contribution is 2.40. The molecule has 1 aromatic carbocycles. The van der Waals surface area contributed by atoms with Crippen molar-refractivity contribution in [2.45, 2.75) is 71.6 Å². The molecule has 0 aliphatic carbocycles. The Kier molecular flexibility index (Phi) is 7.47. The van der Waals surface area contributed by atoms with Gasteiger partial charge < -0.3 is 14.6 Å². The van der Waals surface area contributed by atoms with E-state index >= 15 is 0 Å². The molecule has 0 spiro atoms. The largest absolute Gasteiger partial charge is 0.507 e. The van der Waals surface area contributed by atoms with Gasteiger partial charge in [-0.2, -0.15) is 0 Å². The fourth-order valence-corrected chi connectivity index (χ4v) is 3.10. The van der Waals surface area contributed by atoms with E-state index in [1.165, 1.54) is 14.2 Å². The van der Waals surface area contributed by atoms with Crippen molar-refractivity contribution in [1.82, 2.24) is 0 Å². The highest BCUT2D eigenvalue weighted by molar-refractivity contribution is 5.74. The lowest BCUT2D eigenvalue weighted by Crippen LogP contribution is -2.22. The van der Waals surface area contributed by atoms with Crippen LogP contribution in [0.3, 0.4) is 0 Å². The zero-order valence-electron chi connectivity index (χ0n) is 17.9. The highest BCUT2D eigenvalue weighted by Gasteiger charge is 2.28. The molecule has 0 fully saturated rings. The Bertz CT molecular complexity index is 642. The van der Waals surface area contributed by atoms with Gasteiger partial charge in [-0.25, -0.2) is 0 Å². The molecular formula is C22H34O5. The predicted octanol–water partition coefficient (Wildman–Crippen LogP) is 4.27. The second kappa shape index (κ2) is 8.77. The van der Waals surface area contributed by atoms with E-state index in [1.54, 1.807) is 0 Å². The minimum absolute atomic E-state index is 0.159. The Morgan fingerprint density at radius 1 is 0.963 bits per heavy atom. The first-order valence-corrected chi connectivity index (χ1v) is 9.32. The number of hydrogen-bond donors (Lipinski definition) is 1. The summed E-state index contributed by atoms with van der Waals surface area (Å²) in [6.45, 7) is 12.3. The van der Waals surface area contributed by atoms with Gasteiger partial charge >= 0.3 is 11.9 Å². The maximum Gasteiger partial charge on any atom is 0.309 e. The first-order valence-electron chi connectivity index (χ1n) is 9.32. The molecule has 1 unspecified atom stereocenters. The maximum atomic E-state index is 12.2. The van der Waals surface area contributed by atoms with Crippen LogP contribution in [0.5, 0.6) is 5.75 Å². The summed E-state index contributed by atoms with van der Waals surface area (Å²) in [5, 5.41) is 10.8. The van der Waals surface area contributed by atoms with Crippen molar-refractivity contribution >= 4 is 11.9 Å². The van der Waals surface area contributed by atoms with Gasteiger partial charge in [0.15, 0.2) is 0 Å². The van der Waals surface area contributed by atoms with E-state index in [0.717, 1.165) is 16.7 Å². The molecule has 0 aromatic heterocycles. The van der Waals surface area contributed by atoms with Gasteiger partial charge in [0.05, 0.1) is 20.1 Å². The molecule has 5 heteroatoms. The van der Waals surface area contributed by atoms with Gasteiger partial charge in [-0.1, -0.05) is 53.7 Å². The van der Waals surface area contributed by atoms with Crippen LogP contribution in [0.4, 0.5) is 0 Å². The summed E-state index contributed by atoms with van der Waals surface area (Å²) in [6.07, 6.45) is 0.957. The molecule has 0 aliphatic heterocycles. The Morgan fingerprint density at radius 3 is 1.81 bits per heavy atom. The number of benzene rings is 1. The van der Waals surface area contributed by atoms with Gasteiger partial charge in [-0.3, -0.25) is 9.59 Å². The third kappa shape index (κ3) is 6.26. The Balaban J connectivity index is 3.33. The van der Waals surface area contributed by atoms with E-state index in [4.69, 9.17) is 4.74 Å². The lowest BCUT2D eigenvalue weighted by Gasteiger charge is -2.28. The topological polar surface area (TPSA) is 72.8 Å². The second-order valence-electron chi connectivity index (χ2n) is 9.08. The number of methoxy groups -OCH3 is 2. The van der Waals surface area contributed by atoms with Gasteiger partial charge in [0, 0.05) is 6.42 Å². The SMILES string of the molecule is COC(=O)CCC(Cc1cc(C(C)(C)C)c(O)c(C(C)(C)C)c1)C(=O)OC. The van der Waals surface area contributed by atoms with Crippen LogP contribution in [0.15, 0.2) is 12.1 Å². The Morgan fingerprint density at radius 2 is 1.44 bits per heavy atom. The van der Waals surface area contributed by atoms with Gasteiger partial charge in [0.25, 0.3) is 0 Å². The van der Waals surface area contributed by atoms with Crippen LogP contribution in [0.25, 0.3) is 0 Å². The molecule has 1 N–H and O–H groups in total. The van der Waals surface area contributed by atoms with E-state index < -0.39 is 5.92 Å². The van der Waals surface area contributed by atoms with E-state index in [0.29, 0.717) is 18.6 Å². The number of hydrogen-bond acceptors (Lipinski definition) is 5. The fourth-order valence-electron chi connectivity index (χ4n) is 3.10. The van der Waals surface area contributed by atoms with Gasteiger partial charge in [-0.05, 0) is 40.4 Å². The third-order valence-electron chi connectivity index (χ3n) is 4.73. The number of ether oxygens (including phenoxy) is 2. The molecule has 0 aliphatic rings. The number of rotatable bonds is 6. The molecule has 27 heavy (non-hydrogen) atoms. The number of phenols is 1. The molecule has 1 aromatic rings. The summed E-state index contributed by atoms with van der Waals surface area (Å²) in [5.41, 5.74) is 2.16. The zero-order chi connectivity index (χ0) is 21.0. The van der Waals surface area contributed by atoms with Gasteiger partial charge in [0.1, 0.15) is 5.75 Å². The quantitative estimate of drug-likeness (QED) is 0.748. The van der Waals surface area contributed by atoms with Crippen LogP contribution in [-0.4, -0.2) is 31.3 Å². The van der Waals surface area contributed by atoms with E-state index in [9.17, 15) is 14.7 Å². The molecule has 0 amide bonds. The fraction of sp³-hybridized carbons (Fsp3) is 0.636. The van der Waals surface area contributed by atoms with Crippen molar-refractivity contribution in [1.29, 1.82) is 0 Å². The number of aromatic hydroxyl groups is 1. The normalized spacial score (nSPS) is 13.2. The number of carbonyl (C=O) groups is 2. The van der Waals surface area contributed by atoms with Crippen molar-refractivity contribution in [2.24, 2.45) is 5.92 Å². The van der Waals surface area contributed by atoms with Crippen LogP contribution < -0.4 is 0 Å².